The van der Waals surface area contributed by atoms with Gasteiger partial charge in [0, 0.05) is 24.2 Å². The van der Waals surface area contributed by atoms with E-state index in [0.29, 0.717) is 24.1 Å². The van der Waals surface area contributed by atoms with E-state index < -0.39 is 28.0 Å². The van der Waals surface area contributed by atoms with Crippen LogP contribution in [0, 0.1) is 12.3 Å². The average Bonchev–Trinajstić information content (AvgIpc) is 2.69. The molecule has 0 saturated carbocycles. The molecule has 0 radical (unpaired) electrons. The Bertz CT molecular complexity index is 1040. The number of carbonyl (C=O) groups excluding carboxylic acids is 1. The number of benzene rings is 2. The van der Waals surface area contributed by atoms with Gasteiger partial charge in [0.15, 0.2) is 0 Å². The SMILES string of the molecule is Cc1ccccc1S(=O)(=O)N1CCC(C)(C(=O)Nc2ccc(CC(F)(F)F)cc2)CC1. The summed E-state index contributed by atoms with van der Waals surface area (Å²) in [7, 11) is -3.64. The van der Waals surface area contributed by atoms with Crippen LogP contribution in [0.4, 0.5) is 18.9 Å². The fraction of sp³-hybridized carbons (Fsp3) is 0.409. The Morgan fingerprint density at radius 1 is 1.06 bits per heavy atom. The summed E-state index contributed by atoms with van der Waals surface area (Å²) in [5.74, 6) is -0.274. The Hall–Kier alpha value is -2.39. The number of hydrogen-bond acceptors (Lipinski definition) is 3. The first-order valence-corrected chi connectivity index (χ1v) is 11.4. The molecule has 1 aliphatic rings. The number of sulfonamides is 1. The summed E-state index contributed by atoms with van der Waals surface area (Å²) >= 11 is 0. The summed E-state index contributed by atoms with van der Waals surface area (Å²) in [4.78, 5) is 13.1. The van der Waals surface area contributed by atoms with Crippen LogP contribution in [-0.4, -0.2) is 37.9 Å². The Morgan fingerprint density at radius 2 is 1.65 bits per heavy atom. The monoisotopic (exact) mass is 454 g/mol. The van der Waals surface area contributed by atoms with Gasteiger partial charge >= 0.3 is 6.18 Å². The maximum absolute atomic E-state index is 13.0. The van der Waals surface area contributed by atoms with Gasteiger partial charge in [-0.25, -0.2) is 8.42 Å². The van der Waals surface area contributed by atoms with Crippen LogP contribution in [0.3, 0.4) is 0 Å². The zero-order valence-electron chi connectivity index (χ0n) is 17.4. The molecular formula is C22H25F3N2O3S. The van der Waals surface area contributed by atoms with Gasteiger partial charge in [-0.3, -0.25) is 4.79 Å². The minimum Gasteiger partial charge on any atom is -0.326 e. The zero-order chi connectivity index (χ0) is 22.9. The lowest BCUT2D eigenvalue weighted by Gasteiger charge is -2.37. The molecule has 1 fully saturated rings. The molecule has 0 atom stereocenters. The van der Waals surface area contributed by atoms with Gasteiger partial charge in [-0.05, 0) is 49.1 Å². The van der Waals surface area contributed by atoms with E-state index in [1.54, 1.807) is 38.1 Å². The summed E-state index contributed by atoms with van der Waals surface area (Å²) in [6, 6.07) is 12.3. The van der Waals surface area contributed by atoms with Gasteiger partial charge in [0.2, 0.25) is 15.9 Å². The minimum atomic E-state index is -4.29. The quantitative estimate of drug-likeness (QED) is 0.722. The number of nitrogens with zero attached hydrogens (tertiary/aromatic N) is 1. The molecule has 1 N–H and O–H groups in total. The maximum atomic E-state index is 13.0. The molecule has 168 valence electrons. The average molecular weight is 455 g/mol. The first-order valence-electron chi connectivity index (χ1n) is 9.94. The van der Waals surface area contributed by atoms with Crippen molar-refractivity contribution in [1.29, 1.82) is 0 Å². The number of hydrogen-bond donors (Lipinski definition) is 1. The lowest BCUT2D eigenvalue weighted by Crippen LogP contribution is -2.46. The number of carbonyl (C=O) groups is 1. The fourth-order valence-corrected chi connectivity index (χ4v) is 5.32. The fourth-order valence-electron chi connectivity index (χ4n) is 3.65. The number of alkyl halides is 3. The standard InChI is InChI=1S/C22H25F3N2O3S/c1-16-5-3-4-6-19(16)31(29,30)27-13-11-21(2,12-14-27)20(28)26-18-9-7-17(8-10-18)15-22(23,24)25/h3-10H,11-15H2,1-2H3,(H,26,28). The van der Waals surface area contributed by atoms with E-state index >= 15 is 0 Å². The summed E-state index contributed by atoms with van der Waals surface area (Å²) in [5.41, 5.74) is 0.420. The van der Waals surface area contributed by atoms with Crippen molar-refractivity contribution < 1.29 is 26.4 Å². The van der Waals surface area contributed by atoms with Crippen LogP contribution in [0.25, 0.3) is 0 Å². The molecule has 0 unspecified atom stereocenters. The molecule has 1 saturated heterocycles. The van der Waals surface area contributed by atoms with E-state index in [9.17, 15) is 26.4 Å². The molecule has 0 aromatic heterocycles. The second-order valence-electron chi connectivity index (χ2n) is 8.17. The molecule has 0 spiro atoms. The van der Waals surface area contributed by atoms with Crippen LogP contribution in [-0.2, 0) is 21.2 Å². The van der Waals surface area contributed by atoms with Gasteiger partial charge in [0.1, 0.15) is 0 Å². The van der Waals surface area contributed by atoms with Crippen molar-refractivity contribution >= 4 is 21.6 Å². The van der Waals surface area contributed by atoms with Crippen molar-refractivity contribution in [2.75, 3.05) is 18.4 Å². The first-order chi connectivity index (χ1) is 14.4. The number of nitrogens with one attached hydrogen (secondary N) is 1. The van der Waals surface area contributed by atoms with E-state index in [2.05, 4.69) is 5.32 Å². The largest absolute Gasteiger partial charge is 0.393 e. The summed E-state index contributed by atoms with van der Waals surface area (Å²) in [6.45, 7) is 3.95. The van der Waals surface area contributed by atoms with Gasteiger partial charge < -0.3 is 5.32 Å². The third-order valence-electron chi connectivity index (χ3n) is 5.70. The van der Waals surface area contributed by atoms with Crippen LogP contribution in [0.15, 0.2) is 53.4 Å². The van der Waals surface area contributed by atoms with Crippen molar-refractivity contribution in [2.45, 2.75) is 44.2 Å². The van der Waals surface area contributed by atoms with Crippen LogP contribution < -0.4 is 5.32 Å². The van der Waals surface area contributed by atoms with Crippen LogP contribution in [0.5, 0.6) is 0 Å². The highest BCUT2D eigenvalue weighted by atomic mass is 32.2. The van der Waals surface area contributed by atoms with Crippen LogP contribution in [0.1, 0.15) is 30.9 Å². The first kappa shape index (κ1) is 23.3. The molecule has 1 heterocycles. The van der Waals surface area contributed by atoms with Crippen molar-refractivity contribution in [3.63, 3.8) is 0 Å². The van der Waals surface area contributed by atoms with Gasteiger partial charge in [-0.15, -0.1) is 0 Å². The van der Waals surface area contributed by atoms with Gasteiger partial charge in [-0.2, -0.15) is 17.5 Å². The summed E-state index contributed by atoms with van der Waals surface area (Å²) in [5, 5.41) is 2.75. The lowest BCUT2D eigenvalue weighted by atomic mass is 9.80. The van der Waals surface area contributed by atoms with E-state index in [0.717, 1.165) is 0 Å². The maximum Gasteiger partial charge on any atom is 0.393 e. The molecule has 1 aliphatic heterocycles. The summed E-state index contributed by atoms with van der Waals surface area (Å²) < 4.78 is 64.7. The number of piperidine rings is 1. The second-order valence-corrected chi connectivity index (χ2v) is 10.1. The topological polar surface area (TPSA) is 66.5 Å². The highest BCUT2D eigenvalue weighted by Gasteiger charge is 2.40. The molecule has 0 bridgehead atoms. The molecule has 2 aromatic rings. The van der Waals surface area contributed by atoms with Gasteiger partial charge in [-0.1, -0.05) is 37.3 Å². The molecule has 3 rings (SSSR count). The number of amides is 1. The predicted octanol–water partition coefficient (Wildman–Crippen LogP) is 4.53. The highest BCUT2D eigenvalue weighted by molar-refractivity contribution is 7.89. The van der Waals surface area contributed by atoms with E-state index in [1.807, 2.05) is 0 Å². The van der Waals surface area contributed by atoms with E-state index in [1.165, 1.54) is 28.6 Å². The van der Waals surface area contributed by atoms with Gasteiger partial charge in [0.25, 0.3) is 0 Å². The van der Waals surface area contributed by atoms with E-state index in [-0.39, 0.29) is 29.5 Å². The Balaban J connectivity index is 1.63. The molecule has 5 nitrogen and oxygen atoms in total. The number of rotatable bonds is 5. The number of anilines is 1. The molecule has 1 amide bonds. The molecular weight excluding hydrogens is 429 g/mol. The Morgan fingerprint density at radius 3 is 2.19 bits per heavy atom. The highest BCUT2D eigenvalue weighted by Crippen LogP contribution is 2.35. The zero-order valence-corrected chi connectivity index (χ0v) is 18.2. The lowest BCUT2D eigenvalue weighted by molar-refractivity contribution is -0.127. The molecule has 31 heavy (non-hydrogen) atoms. The van der Waals surface area contributed by atoms with E-state index in [4.69, 9.17) is 0 Å². The predicted molar refractivity (Wildman–Crippen MR) is 112 cm³/mol. The molecule has 2 aromatic carbocycles. The number of halogens is 3. The van der Waals surface area contributed by atoms with Crippen molar-refractivity contribution in [1.82, 2.24) is 4.31 Å². The summed E-state index contributed by atoms with van der Waals surface area (Å²) in [6.07, 6.45) is -4.62. The second kappa shape index (κ2) is 8.63. The third kappa shape index (κ3) is 5.46. The normalized spacial score (nSPS) is 17.3. The van der Waals surface area contributed by atoms with Crippen molar-refractivity contribution in [3.05, 3.63) is 59.7 Å². The van der Waals surface area contributed by atoms with Crippen molar-refractivity contribution in [3.8, 4) is 0 Å². The third-order valence-corrected chi connectivity index (χ3v) is 7.76. The van der Waals surface area contributed by atoms with Crippen molar-refractivity contribution in [2.24, 2.45) is 5.41 Å². The van der Waals surface area contributed by atoms with Crippen LogP contribution in [0.2, 0.25) is 0 Å². The molecule has 9 heteroatoms. The number of aryl methyl sites for hydroxylation is 1. The molecule has 0 aliphatic carbocycles. The smallest absolute Gasteiger partial charge is 0.326 e. The minimum absolute atomic E-state index is 0.117. The Kier molecular flexibility index (Phi) is 6.48. The Labute approximate surface area is 180 Å². The van der Waals surface area contributed by atoms with Gasteiger partial charge in [0.05, 0.1) is 11.3 Å². The van der Waals surface area contributed by atoms with Crippen LogP contribution >= 0.6 is 0 Å².